The van der Waals surface area contributed by atoms with Gasteiger partial charge in [0.2, 0.25) is 5.43 Å². The highest BCUT2D eigenvalue weighted by Gasteiger charge is 2.14. The van der Waals surface area contributed by atoms with Crippen LogP contribution >= 0.6 is 0 Å². The maximum atomic E-state index is 14.8. The smallest absolute Gasteiger partial charge is 0.200 e. The molecule has 0 atom stereocenters. The SMILES string of the molecule is Cc1c(Oc2ccc(Nc3nccc4[nH]cc(-c5ccccc5)c(=O)c34)cc2F)ccnc1N. The van der Waals surface area contributed by atoms with E-state index in [1.807, 2.05) is 30.3 Å². The molecule has 3 heterocycles. The van der Waals surface area contributed by atoms with Crippen molar-refractivity contribution in [3.05, 3.63) is 101 Å². The van der Waals surface area contributed by atoms with Crippen LogP contribution in [0.5, 0.6) is 11.5 Å². The van der Waals surface area contributed by atoms with Crippen molar-refractivity contribution >= 4 is 28.2 Å². The number of nitrogens with zero attached hydrogens (tertiary/aromatic N) is 2. The summed E-state index contributed by atoms with van der Waals surface area (Å²) in [5, 5.41) is 3.44. The second-order valence-electron chi connectivity index (χ2n) is 7.67. The molecule has 0 aliphatic heterocycles. The number of aromatic amines is 1. The lowest BCUT2D eigenvalue weighted by atomic mass is 10.1. The molecule has 0 aliphatic carbocycles. The summed E-state index contributed by atoms with van der Waals surface area (Å²) in [5.74, 6) is 0.511. The van der Waals surface area contributed by atoms with Gasteiger partial charge in [-0.05, 0) is 36.8 Å². The van der Waals surface area contributed by atoms with E-state index in [1.54, 1.807) is 37.5 Å². The summed E-state index contributed by atoms with van der Waals surface area (Å²) in [6, 6.07) is 17.1. The van der Waals surface area contributed by atoms with E-state index in [0.717, 1.165) is 5.56 Å². The molecule has 0 aliphatic rings. The molecule has 0 bridgehead atoms. The molecule has 5 rings (SSSR count). The third kappa shape index (κ3) is 3.93. The molecule has 2 aromatic carbocycles. The lowest BCUT2D eigenvalue weighted by molar-refractivity contribution is 0.439. The molecule has 0 spiro atoms. The monoisotopic (exact) mass is 453 g/mol. The van der Waals surface area contributed by atoms with Crippen molar-refractivity contribution in [3.8, 4) is 22.6 Å². The molecule has 0 radical (unpaired) electrons. The van der Waals surface area contributed by atoms with Crippen molar-refractivity contribution in [1.29, 1.82) is 0 Å². The number of anilines is 3. The van der Waals surface area contributed by atoms with Crippen molar-refractivity contribution in [2.24, 2.45) is 0 Å². The van der Waals surface area contributed by atoms with Crippen LogP contribution in [0, 0.1) is 12.7 Å². The number of fused-ring (bicyclic) bond motifs is 1. The standard InChI is InChI=1S/C26H20FN5O2/c1-15-21(10-12-29-25(15)28)34-22-8-7-17(13-19(22)27)32-26-23-20(9-11-30-26)31-14-18(24(23)33)16-5-3-2-4-6-16/h2-14H,1H3,(H2,28,29)(H,30,32)(H,31,33). The number of H-pyrrole nitrogens is 1. The van der Waals surface area contributed by atoms with Crippen LogP contribution in [0.2, 0.25) is 0 Å². The van der Waals surface area contributed by atoms with Gasteiger partial charge in [-0.2, -0.15) is 0 Å². The summed E-state index contributed by atoms with van der Waals surface area (Å²) in [4.78, 5) is 24.8. The maximum absolute atomic E-state index is 14.8. The summed E-state index contributed by atoms with van der Waals surface area (Å²) < 4.78 is 20.5. The van der Waals surface area contributed by atoms with Gasteiger partial charge in [0.15, 0.2) is 11.6 Å². The normalized spacial score (nSPS) is 10.9. The molecule has 7 nitrogen and oxygen atoms in total. The highest BCUT2D eigenvalue weighted by molar-refractivity contribution is 5.93. The predicted octanol–water partition coefficient (Wildman–Crippen LogP) is 5.55. The van der Waals surface area contributed by atoms with Crippen LogP contribution in [-0.2, 0) is 0 Å². The molecular weight excluding hydrogens is 433 g/mol. The second kappa shape index (κ2) is 8.67. The Hall–Kier alpha value is -4.72. The van der Waals surface area contributed by atoms with Gasteiger partial charge in [0.1, 0.15) is 17.4 Å². The van der Waals surface area contributed by atoms with Crippen LogP contribution in [0.3, 0.4) is 0 Å². The fourth-order valence-corrected chi connectivity index (χ4v) is 3.65. The van der Waals surface area contributed by atoms with Gasteiger partial charge in [0.25, 0.3) is 0 Å². The Labute approximate surface area is 194 Å². The number of hydrogen-bond donors (Lipinski definition) is 3. The Morgan fingerprint density at radius 2 is 1.79 bits per heavy atom. The zero-order chi connectivity index (χ0) is 23.7. The molecule has 3 aromatic heterocycles. The molecule has 168 valence electrons. The summed E-state index contributed by atoms with van der Waals surface area (Å²) in [6.07, 6.45) is 4.76. The van der Waals surface area contributed by atoms with Crippen LogP contribution in [0.4, 0.5) is 21.7 Å². The molecule has 5 aromatic rings. The largest absolute Gasteiger partial charge is 0.454 e. The van der Waals surface area contributed by atoms with E-state index in [1.165, 1.54) is 18.3 Å². The zero-order valence-corrected chi connectivity index (χ0v) is 18.2. The van der Waals surface area contributed by atoms with Gasteiger partial charge in [0, 0.05) is 41.5 Å². The van der Waals surface area contributed by atoms with Crippen molar-refractivity contribution < 1.29 is 9.13 Å². The Bertz CT molecular complexity index is 1570. The molecule has 0 saturated heterocycles. The van der Waals surface area contributed by atoms with E-state index in [9.17, 15) is 9.18 Å². The predicted molar refractivity (Wildman–Crippen MR) is 131 cm³/mol. The Kier molecular flexibility index (Phi) is 5.39. The number of ether oxygens (including phenoxy) is 1. The topological polar surface area (TPSA) is 106 Å². The van der Waals surface area contributed by atoms with Gasteiger partial charge in [-0.25, -0.2) is 14.4 Å². The van der Waals surface area contributed by atoms with Gasteiger partial charge >= 0.3 is 0 Å². The molecule has 34 heavy (non-hydrogen) atoms. The number of pyridine rings is 3. The van der Waals surface area contributed by atoms with E-state index >= 15 is 0 Å². The molecule has 4 N–H and O–H groups in total. The molecular formula is C26H20FN5O2. The van der Waals surface area contributed by atoms with Crippen LogP contribution in [0.15, 0.2) is 84.0 Å². The first-order valence-electron chi connectivity index (χ1n) is 10.5. The third-order valence-corrected chi connectivity index (χ3v) is 5.49. The first kappa shape index (κ1) is 21.1. The van der Waals surface area contributed by atoms with Crippen LogP contribution < -0.4 is 21.2 Å². The average molecular weight is 453 g/mol. The lowest BCUT2D eigenvalue weighted by Gasteiger charge is -2.13. The summed E-state index contributed by atoms with van der Waals surface area (Å²) >= 11 is 0. The highest BCUT2D eigenvalue weighted by atomic mass is 19.1. The van der Waals surface area contributed by atoms with Gasteiger partial charge in [-0.3, -0.25) is 4.79 Å². The highest BCUT2D eigenvalue weighted by Crippen LogP contribution is 2.31. The molecule has 0 fully saturated rings. The number of halogens is 1. The van der Waals surface area contributed by atoms with Crippen molar-refractivity contribution in [1.82, 2.24) is 15.0 Å². The van der Waals surface area contributed by atoms with Gasteiger partial charge in [-0.1, -0.05) is 30.3 Å². The fraction of sp³-hybridized carbons (Fsp3) is 0.0385. The minimum atomic E-state index is -0.584. The Morgan fingerprint density at radius 3 is 2.59 bits per heavy atom. The minimum absolute atomic E-state index is 0.0364. The third-order valence-electron chi connectivity index (χ3n) is 5.49. The Balaban J connectivity index is 1.49. The van der Waals surface area contributed by atoms with Gasteiger partial charge in [-0.15, -0.1) is 0 Å². The number of rotatable bonds is 5. The van der Waals surface area contributed by atoms with E-state index in [0.29, 0.717) is 45.1 Å². The Morgan fingerprint density at radius 1 is 1.00 bits per heavy atom. The quantitative estimate of drug-likeness (QED) is 0.322. The van der Waals surface area contributed by atoms with Crippen LogP contribution in [-0.4, -0.2) is 15.0 Å². The number of nitrogens with one attached hydrogen (secondary N) is 2. The van der Waals surface area contributed by atoms with Crippen molar-refractivity contribution in [2.75, 3.05) is 11.1 Å². The molecule has 8 heteroatoms. The van der Waals surface area contributed by atoms with Crippen LogP contribution in [0.1, 0.15) is 5.56 Å². The zero-order valence-electron chi connectivity index (χ0n) is 18.2. The van der Waals surface area contributed by atoms with E-state index in [4.69, 9.17) is 10.5 Å². The average Bonchev–Trinajstić information content (AvgIpc) is 2.84. The number of nitrogen functional groups attached to an aromatic ring is 1. The molecule has 0 unspecified atom stereocenters. The van der Waals surface area contributed by atoms with E-state index < -0.39 is 5.82 Å². The second-order valence-corrected chi connectivity index (χ2v) is 7.67. The molecule has 0 saturated carbocycles. The summed E-state index contributed by atoms with van der Waals surface area (Å²) in [6.45, 7) is 1.75. The number of hydrogen-bond acceptors (Lipinski definition) is 6. The maximum Gasteiger partial charge on any atom is 0.200 e. The first-order chi connectivity index (χ1) is 16.5. The van der Waals surface area contributed by atoms with Gasteiger partial charge in [0.05, 0.1) is 10.9 Å². The summed E-state index contributed by atoms with van der Waals surface area (Å²) in [5.41, 5.74) is 8.59. The number of aromatic nitrogens is 3. The minimum Gasteiger partial charge on any atom is -0.454 e. The van der Waals surface area contributed by atoms with Crippen molar-refractivity contribution in [2.45, 2.75) is 6.92 Å². The van der Waals surface area contributed by atoms with Crippen LogP contribution in [0.25, 0.3) is 22.0 Å². The van der Waals surface area contributed by atoms with E-state index in [-0.39, 0.29) is 11.2 Å². The summed E-state index contributed by atoms with van der Waals surface area (Å²) in [7, 11) is 0. The first-order valence-corrected chi connectivity index (χ1v) is 10.5. The lowest BCUT2D eigenvalue weighted by Crippen LogP contribution is -2.10. The van der Waals surface area contributed by atoms with E-state index in [2.05, 4.69) is 20.3 Å². The van der Waals surface area contributed by atoms with Gasteiger partial charge < -0.3 is 20.8 Å². The van der Waals surface area contributed by atoms with Crippen molar-refractivity contribution in [3.63, 3.8) is 0 Å². The fourth-order valence-electron chi connectivity index (χ4n) is 3.65. The number of nitrogens with two attached hydrogens (primary N) is 1. The number of benzene rings is 2. The molecule has 0 amide bonds.